The minimum atomic E-state index is 0.119. The van der Waals surface area contributed by atoms with Crippen LogP contribution in [0.1, 0.15) is 49.1 Å². The number of fused-ring (bicyclic) bond motifs is 1. The predicted molar refractivity (Wildman–Crippen MR) is 121 cm³/mol. The van der Waals surface area contributed by atoms with Gasteiger partial charge in [0.1, 0.15) is 13.2 Å². The summed E-state index contributed by atoms with van der Waals surface area (Å²) in [5.74, 6) is 3.28. The molecule has 1 saturated carbocycles. The first-order valence-electron chi connectivity index (χ1n) is 11.5. The second kappa shape index (κ2) is 8.44. The summed E-state index contributed by atoms with van der Waals surface area (Å²) in [7, 11) is 3.88. The monoisotopic (exact) mass is 423 g/mol. The van der Waals surface area contributed by atoms with Gasteiger partial charge in [0.15, 0.2) is 17.5 Å². The van der Waals surface area contributed by atoms with Crippen molar-refractivity contribution < 1.29 is 9.47 Å². The third kappa shape index (κ3) is 3.98. The highest BCUT2D eigenvalue weighted by molar-refractivity contribution is 5.80. The normalized spacial score (nSPS) is 22.7. The predicted octanol–water partition coefficient (Wildman–Crippen LogP) is 3.07. The first kappa shape index (κ1) is 20.2. The molecular formula is C24H33N5O2. The van der Waals surface area contributed by atoms with Crippen LogP contribution in [0.5, 0.6) is 11.5 Å². The first-order chi connectivity index (χ1) is 15.2. The largest absolute Gasteiger partial charge is 0.486 e. The van der Waals surface area contributed by atoms with Crippen LogP contribution in [0.15, 0.2) is 35.6 Å². The Morgan fingerprint density at radius 3 is 2.77 bits per heavy atom. The molecular weight excluding hydrogens is 390 g/mol. The molecule has 0 spiro atoms. The van der Waals surface area contributed by atoms with E-state index in [9.17, 15) is 0 Å². The maximum absolute atomic E-state index is 5.87. The Balaban J connectivity index is 1.28. The molecule has 5 rings (SSSR count). The fourth-order valence-electron chi connectivity index (χ4n) is 5.45. The number of aliphatic imine (C=N–C) groups is 1. The number of benzene rings is 1. The van der Waals surface area contributed by atoms with Gasteiger partial charge in [-0.2, -0.15) is 5.10 Å². The molecule has 3 heterocycles. The van der Waals surface area contributed by atoms with Crippen molar-refractivity contribution in [2.45, 2.75) is 43.4 Å². The van der Waals surface area contributed by atoms with Crippen LogP contribution in [0, 0.1) is 0 Å². The van der Waals surface area contributed by atoms with E-state index >= 15 is 0 Å². The van der Waals surface area contributed by atoms with Gasteiger partial charge in [0.05, 0.1) is 6.20 Å². The van der Waals surface area contributed by atoms with Gasteiger partial charge in [-0.05, 0) is 42.5 Å². The van der Waals surface area contributed by atoms with Gasteiger partial charge >= 0.3 is 0 Å². The standard InChI is InChI=1S/C24H33N5O2/c1-25-23(29-10-7-18(16-29)19-14-27-28(2)15-19)26-17-24(8-3-4-9-24)20-5-6-21-22(13-20)31-12-11-30-21/h5-6,13-15,18H,3-4,7-12,16-17H2,1-2H3,(H,25,26). The highest BCUT2D eigenvalue weighted by Gasteiger charge is 2.37. The van der Waals surface area contributed by atoms with E-state index in [-0.39, 0.29) is 5.41 Å². The van der Waals surface area contributed by atoms with Gasteiger partial charge in [-0.1, -0.05) is 18.9 Å². The number of rotatable bonds is 4. The Hall–Kier alpha value is -2.70. The molecule has 7 heteroatoms. The number of guanidine groups is 1. The van der Waals surface area contributed by atoms with E-state index < -0.39 is 0 Å². The first-order valence-corrected chi connectivity index (χ1v) is 11.5. The van der Waals surface area contributed by atoms with Crippen LogP contribution in [0.25, 0.3) is 0 Å². The molecule has 1 aliphatic carbocycles. The minimum absolute atomic E-state index is 0.119. The number of nitrogens with zero attached hydrogens (tertiary/aromatic N) is 4. The molecule has 3 aliphatic rings. The Morgan fingerprint density at radius 1 is 1.23 bits per heavy atom. The zero-order valence-electron chi connectivity index (χ0n) is 18.6. The molecule has 1 atom stereocenters. The third-order valence-electron chi connectivity index (χ3n) is 7.20. The van der Waals surface area contributed by atoms with Crippen molar-refractivity contribution in [1.82, 2.24) is 20.0 Å². The summed E-state index contributed by atoms with van der Waals surface area (Å²) < 4.78 is 13.5. The Morgan fingerprint density at radius 2 is 2.03 bits per heavy atom. The van der Waals surface area contributed by atoms with Gasteiger partial charge < -0.3 is 19.7 Å². The zero-order valence-corrected chi connectivity index (χ0v) is 18.6. The molecule has 1 unspecified atom stereocenters. The van der Waals surface area contributed by atoms with Crippen LogP contribution in [-0.4, -0.2) is 60.5 Å². The smallest absolute Gasteiger partial charge is 0.193 e. The highest BCUT2D eigenvalue weighted by Crippen LogP contribution is 2.44. The molecule has 0 amide bonds. The molecule has 2 fully saturated rings. The van der Waals surface area contributed by atoms with E-state index in [1.165, 1.54) is 36.8 Å². The van der Waals surface area contributed by atoms with E-state index in [1.807, 2.05) is 25.0 Å². The Bertz CT molecular complexity index is 947. The molecule has 0 bridgehead atoms. The lowest BCUT2D eigenvalue weighted by Crippen LogP contribution is -2.46. The third-order valence-corrected chi connectivity index (χ3v) is 7.20. The van der Waals surface area contributed by atoms with Crippen LogP contribution in [0.2, 0.25) is 0 Å². The number of likely N-dealkylation sites (tertiary alicyclic amines) is 1. The van der Waals surface area contributed by atoms with Gasteiger partial charge in [-0.25, -0.2) is 0 Å². The highest BCUT2D eigenvalue weighted by atomic mass is 16.6. The molecule has 1 aromatic heterocycles. The molecule has 1 saturated heterocycles. The Kier molecular flexibility index (Phi) is 5.50. The second-order valence-electron chi connectivity index (χ2n) is 9.13. The number of hydrogen-bond donors (Lipinski definition) is 1. The molecule has 166 valence electrons. The van der Waals surface area contributed by atoms with Crippen LogP contribution < -0.4 is 14.8 Å². The summed E-state index contributed by atoms with van der Waals surface area (Å²) in [6, 6.07) is 6.52. The molecule has 2 aliphatic heterocycles. The van der Waals surface area contributed by atoms with Gasteiger partial charge in [-0.3, -0.25) is 9.67 Å². The topological polar surface area (TPSA) is 63.9 Å². The maximum atomic E-state index is 5.87. The van der Waals surface area contributed by atoms with E-state index in [0.29, 0.717) is 19.1 Å². The maximum Gasteiger partial charge on any atom is 0.193 e. The lowest BCUT2D eigenvalue weighted by atomic mass is 9.78. The van der Waals surface area contributed by atoms with E-state index in [2.05, 4.69) is 44.7 Å². The number of nitrogens with one attached hydrogen (secondary N) is 1. The van der Waals surface area contributed by atoms with E-state index in [1.54, 1.807) is 0 Å². The number of aryl methyl sites for hydroxylation is 1. The van der Waals surface area contributed by atoms with Crippen LogP contribution in [0.3, 0.4) is 0 Å². The van der Waals surface area contributed by atoms with Crippen molar-refractivity contribution in [2.75, 3.05) is 39.9 Å². The minimum Gasteiger partial charge on any atom is -0.486 e. The number of aromatic nitrogens is 2. The van der Waals surface area contributed by atoms with Crippen molar-refractivity contribution in [3.63, 3.8) is 0 Å². The summed E-state index contributed by atoms with van der Waals surface area (Å²) in [5.41, 5.74) is 2.80. The van der Waals surface area contributed by atoms with Gasteiger partial charge in [0, 0.05) is 51.3 Å². The number of ether oxygens (including phenoxy) is 2. The van der Waals surface area contributed by atoms with E-state index in [0.717, 1.165) is 43.5 Å². The fraction of sp³-hybridized carbons (Fsp3) is 0.583. The van der Waals surface area contributed by atoms with Crippen molar-refractivity contribution in [3.8, 4) is 11.5 Å². The quantitative estimate of drug-likeness (QED) is 0.605. The van der Waals surface area contributed by atoms with Gasteiger partial charge in [0.2, 0.25) is 0 Å². The summed E-state index contributed by atoms with van der Waals surface area (Å²) in [6.45, 7) is 4.17. The molecule has 31 heavy (non-hydrogen) atoms. The fourth-order valence-corrected chi connectivity index (χ4v) is 5.45. The average molecular weight is 424 g/mol. The summed E-state index contributed by atoms with van der Waals surface area (Å²) >= 11 is 0. The molecule has 2 aromatic rings. The molecule has 1 N–H and O–H groups in total. The van der Waals surface area contributed by atoms with Crippen molar-refractivity contribution in [1.29, 1.82) is 0 Å². The van der Waals surface area contributed by atoms with Crippen molar-refractivity contribution >= 4 is 5.96 Å². The molecule has 0 radical (unpaired) electrons. The van der Waals surface area contributed by atoms with Crippen LogP contribution in [-0.2, 0) is 12.5 Å². The number of hydrogen-bond acceptors (Lipinski definition) is 4. The second-order valence-corrected chi connectivity index (χ2v) is 9.13. The van der Waals surface area contributed by atoms with Crippen molar-refractivity contribution in [3.05, 3.63) is 41.7 Å². The van der Waals surface area contributed by atoms with E-state index in [4.69, 9.17) is 9.47 Å². The van der Waals surface area contributed by atoms with Gasteiger partial charge in [-0.15, -0.1) is 0 Å². The average Bonchev–Trinajstić information content (AvgIpc) is 3.55. The summed E-state index contributed by atoms with van der Waals surface area (Å²) in [4.78, 5) is 7.02. The Labute approximate surface area is 184 Å². The summed E-state index contributed by atoms with van der Waals surface area (Å²) in [6.07, 6.45) is 10.2. The van der Waals surface area contributed by atoms with Gasteiger partial charge in [0.25, 0.3) is 0 Å². The zero-order chi connectivity index (χ0) is 21.3. The van der Waals surface area contributed by atoms with Crippen LogP contribution >= 0.6 is 0 Å². The lowest BCUT2D eigenvalue weighted by molar-refractivity contribution is 0.171. The lowest BCUT2D eigenvalue weighted by Gasteiger charge is -2.33. The SMILES string of the molecule is CN=C(NCC1(c2ccc3c(c2)OCCO3)CCCC1)N1CCC(c2cnn(C)c2)C1. The molecule has 1 aromatic carbocycles. The summed E-state index contributed by atoms with van der Waals surface area (Å²) in [5, 5.41) is 8.08. The molecule has 7 nitrogen and oxygen atoms in total. The van der Waals surface area contributed by atoms with Crippen LogP contribution in [0.4, 0.5) is 0 Å². The van der Waals surface area contributed by atoms with Crippen molar-refractivity contribution in [2.24, 2.45) is 12.0 Å².